The van der Waals surface area contributed by atoms with E-state index in [4.69, 9.17) is 9.57 Å². The van der Waals surface area contributed by atoms with E-state index in [9.17, 15) is 4.79 Å². The molecule has 1 atom stereocenters. The van der Waals surface area contributed by atoms with Crippen molar-refractivity contribution in [2.45, 2.75) is 45.6 Å². The van der Waals surface area contributed by atoms with Crippen LogP contribution >= 0.6 is 0 Å². The van der Waals surface area contributed by atoms with Gasteiger partial charge in [0.25, 0.3) is 0 Å². The quantitative estimate of drug-likeness (QED) is 0.844. The van der Waals surface area contributed by atoms with Crippen LogP contribution in [0.1, 0.15) is 43.7 Å². The Balaban J connectivity index is 1.69. The summed E-state index contributed by atoms with van der Waals surface area (Å²) in [5.41, 5.74) is 2.87. The summed E-state index contributed by atoms with van der Waals surface area (Å²) in [7, 11) is 0. The molecule has 2 aliphatic heterocycles. The second-order valence-corrected chi connectivity index (χ2v) is 6.74. The fraction of sp³-hybridized carbons (Fsp3) is 0.579. The summed E-state index contributed by atoms with van der Waals surface area (Å²) in [5, 5.41) is 7.63. The van der Waals surface area contributed by atoms with Gasteiger partial charge in [0.1, 0.15) is 6.10 Å². The molecule has 1 saturated heterocycles. The van der Waals surface area contributed by atoms with Gasteiger partial charge in [0, 0.05) is 18.4 Å². The molecule has 2 aliphatic rings. The van der Waals surface area contributed by atoms with Crippen LogP contribution in [0.25, 0.3) is 0 Å². The molecule has 24 heavy (non-hydrogen) atoms. The number of nitrogens with one attached hydrogen (secondary N) is 1. The Morgan fingerprint density at radius 3 is 2.83 bits per heavy atom. The lowest BCUT2D eigenvalue weighted by Gasteiger charge is -2.36. The third-order valence-corrected chi connectivity index (χ3v) is 5.08. The maximum absolute atomic E-state index is 12.6. The van der Waals surface area contributed by atoms with Crippen LogP contribution in [0.2, 0.25) is 0 Å². The molecule has 0 saturated carbocycles. The molecule has 130 valence electrons. The van der Waals surface area contributed by atoms with Gasteiger partial charge in [0.15, 0.2) is 0 Å². The van der Waals surface area contributed by atoms with Gasteiger partial charge in [0.2, 0.25) is 0 Å². The number of benzene rings is 1. The van der Waals surface area contributed by atoms with Crippen molar-refractivity contribution in [1.82, 2.24) is 5.32 Å². The number of carbonyl (C=O) groups excluding carboxylic acids is 1. The highest BCUT2D eigenvalue weighted by Gasteiger charge is 2.44. The van der Waals surface area contributed by atoms with Crippen LogP contribution in [0.15, 0.2) is 29.4 Å². The Labute approximate surface area is 143 Å². The zero-order chi connectivity index (χ0) is 17.0. The van der Waals surface area contributed by atoms with Crippen LogP contribution < -0.4 is 5.32 Å². The minimum absolute atomic E-state index is 0.0536. The van der Waals surface area contributed by atoms with Gasteiger partial charge < -0.3 is 14.9 Å². The highest BCUT2D eigenvalue weighted by atomic mass is 16.6. The van der Waals surface area contributed by atoms with Crippen molar-refractivity contribution in [2.75, 3.05) is 19.7 Å². The van der Waals surface area contributed by atoms with E-state index in [1.807, 2.05) is 19.1 Å². The molecule has 0 spiro atoms. The van der Waals surface area contributed by atoms with Crippen molar-refractivity contribution in [1.29, 1.82) is 0 Å². The Morgan fingerprint density at radius 1 is 1.38 bits per heavy atom. The second-order valence-electron chi connectivity index (χ2n) is 6.74. The second kappa shape index (κ2) is 7.34. The Kier molecular flexibility index (Phi) is 5.19. The van der Waals surface area contributed by atoms with E-state index in [0.29, 0.717) is 13.0 Å². The number of hydrogen-bond donors (Lipinski definition) is 1. The van der Waals surface area contributed by atoms with Gasteiger partial charge in [-0.3, -0.25) is 4.79 Å². The van der Waals surface area contributed by atoms with Crippen molar-refractivity contribution in [3.63, 3.8) is 0 Å². The Morgan fingerprint density at radius 2 is 2.12 bits per heavy atom. The third-order valence-electron chi connectivity index (χ3n) is 5.08. The fourth-order valence-corrected chi connectivity index (χ4v) is 3.71. The number of oxime groups is 1. The predicted molar refractivity (Wildman–Crippen MR) is 93.0 cm³/mol. The minimum atomic E-state index is -0.442. The van der Waals surface area contributed by atoms with E-state index < -0.39 is 5.41 Å². The smallest absolute Gasteiger partial charge is 0.312 e. The van der Waals surface area contributed by atoms with Crippen molar-refractivity contribution in [3.8, 4) is 0 Å². The number of rotatable bonds is 5. The molecule has 5 nitrogen and oxygen atoms in total. The van der Waals surface area contributed by atoms with E-state index in [-0.39, 0.29) is 12.1 Å². The first-order valence-electron chi connectivity index (χ1n) is 8.81. The first-order valence-corrected chi connectivity index (χ1v) is 8.81. The van der Waals surface area contributed by atoms with E-state index in [1.165, 1.54) is 5.56 Å². The van der Waals surface area contributed by atoms with Crippen LogP contribution in [0, 0.1) is 12.3 Å². The largest absolute Gasteiger partial charge is 0.466 e. The molecule has 0 bridgehead atoms. The topological polar surface area (TPSA) is 59.9 Å². The van der Waals surface area contributed by atoms with Gasteiger partial charge in [-0.1, -0.05) is 29.4 Å². The molecule has 2 heterocycles. The number of esters is 1. The normalized spacial score (nSPS) is 22.6. The summed E-state index contributed by atoms with van der Waals surface area (Å²) in [4.78, 5) is 18.3. The number of aryl methyl sites for hydroxylation is 1. The Hall–Kier alpha value is -1.88. The summed E-state index contributed by atoms with van der Waals surface area (Å²) in [6, 6.07) is 8.20. The molecule has 1 N–H and O–H groups in total. The molecule has 0 amide bonds. The van der Waals surface area contributed by atoms with Crippen molar-refractivity contribution >= 4 is 11.7 Å². The van der Waals surface area contributed by atoms with Crippen molar-refractivity contribution in [3.05, 3.63) is 35.4 Å². The predicted octanol–water partition coefficient (Wildman–Crippen LogP) is 2.81. The molecule has 0 aromatic heterocycles. The molecule has 1 fully saturated rings. The maximum Gasteiger partial charge on any atom is 0.312 e. The summed E-state index contributed by atoms with van der Waals surface area (Å²) >= 11 is 0. The van der Waals surface area contributed by atoms with Crippen LogP contribution in [-0.4, -0.2) is 37.5 Å². The van der Waals surface area contributed by atoms with E-state index in [2.05, 4.69) is 29.5 Å². The Bertz CT molecular complexity index is 621. The van der Waals surface area contributed by atoms with Gasteiger partial charge in [-0.25, -0.2) is 0 Å². The summed E-state index contributed by atoms with van der Waals surface area (Å²) in [5.74, 6) is -0.0839. The van der Waals surface area contributed by atoms with E-state index >= 15 is 0 Å². The number of hydrogen-bond acceptors (Lipinski definition) is 5. The molecular formula is C19H26N2O3. The highest BCUT2D eigenvalue weighted by molar-refractivity contribution is 6.02. The van der Waals surface area contributed by atoms with Gasteiger partial charge in [0.05, 0.1) is 17.7 Å². The zero-order valence-corrected chi connectivity index (χ0v) is 14.5. The lowest BCUT2D eigenvalue weighted by Crippen LogP contribution is -2.45. The number of carbonyl (C=O) groups is 1. The van der Waals surface area contributed by atoms with Crippen molar-refractivity contribution in [2.24, 2.45) is 10.6 Å². The molecule has 5 heteroatoms. The summed E-state index contributed by atoms with van der Waals surface area (Å²) < 4.78 is 5.37. The minimum Gasteiger partial charge on any atom is -0.466 e. The lowest BCUT2D eigenvalue weighted by molar-refractivity contribution is -0.160. The third kappa shape index (κ3) is 3.46. The van der Waals surface area contributed by atoms with Crippen LogP contribution in [0.3, 0.4) is 0 Å². The standard InChI is InChI=1S/C19H26N2O3/c1-3-23-18(22)19(8-10-20-11-9-19)13-15-12-17(21-24-15)16-7-5-4-6-14(16)2/h4-7,15,20H,3,8-13H2,1-2H3/t15-/m0/s1. The molecule has 1 aromatic rings. The molecular weight excluding hydrogens is 304 g/mol. The van der Waals surface area contributed by atoms with Gasteiger partial charge >= 0.3 is 5.97 Å². The summed E-state index contributed by atoms with van der Waals surface area (Å²) in [6.07, 6.45) is 2.96. The van der Waals surface area contributed by atoms with E-state index in [1.54, 1.807) is 0 Å². The molecule has 0 unspecified atom stereocenters. The molecule has 1 aromatic carbocycles. The average molecular weight is 330 g/mol. The van der Waals surface area contributed by atoms with Gasteiger partial charge in [-0.05, 0) is 45.3 Å². The van der Waals surface area contributed by atoms with Crippen LogP contribution in [-0.2, 0) is 14.4 Å². The zero-order valence-electron chi connectivity index (χ0n) is 14.5. The first kappa shape index (κ1) is 17.0. The first-order chi connectivity index (χ1) is 11.6. The van der Waals surface area contributed by atoms with Crippen LogP contribution in [0.5, 0.6) is 0 Å². The van der Waals surface area contributed by atoms with Gasteiger partial charge in [-0.2, -0.15) is 0 Å². The number of nitrogens with zero attached hydrogens (tertiary/aromatic N) is 1. The monoisotopic (exact) mass is 330 g/mol. The van der Waals surface area contributed by atoms with E-state index in [0.717, 1.165) is 43.6 Å². The summed E-state index contributed by atoms with van der Waals surface area (Å²) in [6.45, 7) is 6.05. The number of piperidine rings is 1. The SMILES string of the molecule is CCOC(=O)C1(C[C@@H]2CC(c3ccccc3C)=NO2)CCNCC1. The lowest BCUT2D eigenvalue weighted by atomic mass is 9.74. The number of ether oxygens (including phenoxy) is 1. The van der Waals surface area contributed by atoms with Crippen molar-refractivity contribution < 1.29 is 14.4 Å². The molecule has 0 radical (unpaired) electrons. The fourth-order valence-electron chi connectivity index (χ4n) is 3.71. The van der Waals surface area contributed by atoms with Crippen LogP contribution in [0.4, 0.5) is 0 Å². The molecule has 0 aliphatic carbocycles. The average Bonchev–Trinajstić information content (AvgIpc) is 3.04. The molecule has 3 rings (SSSR count). The highest BCUT2D eigenvalue weighted by Crippen LogP contribution is 2.38. The van der Waals surface area contributed by atoms with Gasteiger partial charge in [-0.15, -0.1) is 0 Å². The maximum atomic E-state index is 12.6.